The average molecular weight is 221 g/mol. The summed E-state index contributed by atoms with van der Waals surface area (Å²) in [5, 5.41) is 2.88. The van der Waals surface area contributed by atoms with Gasteiger partial charge in [0.05, 0.1) is 0 Å². The second-order valence-corrected chi connectivity index (χ2v) is 3.68. The first-order chi connectivity index (χ1) is 6.53. The van der Waals surface area contributed by atoms with Crippen molar-refractivity contribution in [1.82, 2.24) is 0 Å². The number of benzene rings is 1. The fraction of sp³-hybridized carbons (Fsp3) is 0.333. The van der Waals surface area contributed by atoms with Crippen LogP contribution in [-0.4, -0.2) is 12.1 Å². The molecule has 5 heteroatoms. The van der Waals surface area contributed by atoms with Gasteiger partial charge in [0.15, 0.2) is 0 Å². The zero-order chi connectivity index (χ0) is 10.6. The Balaban J connectivity index is 2.84. The van der Waals surface area contributed by atoms with E-state index in [0.717, 1.165) is 0 Å². The van der Waals surface area contributed by atoms with Crippen molar-refractivity contribution < 1.29 is 13.2 Å². The van der Waals surface area contributed by atoms with E-state index in [1.54, 1.807) is 18.2 Å². The number of thioether (sulfide) groups is 1. The molecule has 0 fully saturated rings. The van der Waals surface area contributed by atoms with Gasteiger partial charge in [-0.1, -0.05) is 12.1 Å². The van der Waals surface area contributed by atoms with Crippen LogP contribution in [0.25, 0.3) is 0 Å². The van der Waals surface area contributed by atoms with Gasteiger partial charge < -0.3 is 5.32 Å². The van der Waals surface area contributed by atoms with Gasteiger partial charge in [-0.2, -0.15) is 13.2 Å². The van der Waals surface area contributed by atoms with Crippen molar-refractivity contribution in [2.45, 2.75) is 17.3 Å². The number of alkyl halides is 3. The van der Waals surface area contributed by atoms with Crippen LogP contribution in [0.3, 0.4) is 0 Å². The van der Waals surface area contributed by atoms with Crippen LogP contribution < -0.4 is 5.32 Å². The molecule has 0 aliphatic rings. The molecule has 1 nitrogen and oxygen atoms in total. The quantitative estimate of drug-likeness (QED) is 0.780. The van der Waals surface area contributed by atoms with E-state index < -0.39 is 5.51 Å². The van der Waals surface area contributed by atoms with Crippen molar-refractivity contribution in [3.8, 4) is 0 Å². The van der Waals surface area contributed by atoms with Gasteiger partial charge in [-0.15, -0.1) is 0 Å². The highest BCUT2D eigenvalue weighted by molar-refractivity contribution is 8.00. The Bertz CT molecular complexity index is 298. The van der Waals surface area contributed by atoms with Crippen LogP contribution in [0.2, 0.25) is 0 Å². The van der Waals surface area contributed by atoms with Gasteiger partial charge in [0.1, 0.15) is 0 Å². The maximum absolute atomic E-state index is 12.1. The van der Waals surface area contributed by atoms with Gasteiger partial charge in [0.2, 0.25) is 0 Å². The number of anilines is 1. The predicted molar refractivity (Wildman–Crippen MR) is 52.5 cm³/mol. The Morgan fingerprint density at radius 1 is 1.29 bits per heavy atom. The molecule has 0 aliphatic carbocycles. The minimum atomic E-state index is -4.23. The Kier molecular flexibility index (Phi) is 3.69. The standard InChI is InChI=1S/C9H10F3NS/c1-2-13-7-5-3-4-6-8(7)14-9(10,11)12/h3-6,13H,2H2,1H3. The number of para-hydroxylation sites is 1. The molecule has 0 heterocycles. The lowest BCUT2D eigenvalue weighted by Gasteiger charge is -2.11. The predicted octanol–water partition coefficient (Wildman–Crippen LogP) is 3.73. The zero-order valence-electron chi connectivity index (χ0n) is 7.56. The minimum absolute atomic E-state index is 0.0952. The second-order valence-electron chi connectivity index (χ2n) is 2.57. The first kappa shape index (κ1) is 11.2. The summed E-state index contributed by atoms with van der Waals surface area (Å²) in [4.78, 5) is 0.210. The van der Waals surface area contributed by atoms with Crippen LogP contribution in [0.15, 0.2) is 29.2 Å². The van der Waals surface area contributed by atoms with Crippen LogP contribution in [0, 0.1) is 0 Å². The molecule has 0 amide bonds. The summed E-state index contributed by atoms with van der Waals surface area (Å²) in [6.07, 6.45) is 0. The lowest BCUT2D eigenvalue weighted by molar-refractivity contribution is -0.0327. The van der Waals surface area contributed by atoms with Crippen molar-refractivity contribution in [2.24, 2.45) is 0 Å². The summed E-state index contributed by atoms with van der Waals surface area (Å²) >= 11 is -0.0952. The summed E-state index contributed by atoms with van der Waals surface area (Å²) < 4.78 is 36.3. The van der Waals surface area contributed by atoms with E-state index in [0.29, 0.717) is 12.2 Å². The Morgan fingerprint density at radius 2 is 1.93 bits per heavy atom. The van der Waals surface area contributed by atoms with Crippen molar-refractivity contribution in [3.05, 3.63) is 24.3 Å². The first-order valence-corrected chi connectivity index (χ1v) is 4.93. The first-order valence-electron chi connectivity index (χ1n) is 4.11. The monoisotopic (exact) mass is 221 g/mol. The molecule has 0 aliphatic heterocycles. The lowest BCUT2D eigenvalue weighted by atomic mass is 10.3. The van der Waals surface area contributed by atoms with Crippen LogP contribution in [0.1, 0.15) is 6.92 Å². The smallest absolute Gasteiger partial charge is 0.384 e. The van der Waals surface area contributed by atoms with Crippen molar-refractivity contribution in [3.63, 3.8) is 0 Å². The molecule has 0 bridgehead atoms. The molecule has 78 valence electrons. The second kappa shape index (κ2) is 4.59. The maximum Gasteiger partial charge on any atom is 0.446 e. The molecule has 0 saturated heterocycles. The summed E-state index contributed by atoms with van der Waals surface area (Å²) in [6, 6.07) is 6.39. The van der Waals surface area contributed by atoms with Crippen molar-refractivity contribution in [2.75, 3.05) is 11.9 Å². The number of rotatable bonds is 3. The fourth-order valence-electron chi connectivity index (χ4n) is 1.02. The highest BCUT2D eigenvalue weighted by Gasteiger charge is 2.30. The zero-order valence-corrected chi connectivity index (χ0v) is 8.38. The van der Waals surface area contributed by atoms with Gasteiger partial charge in [0, 0.05) is 17.1 Å². The van der Waals surface area contributed by atoms with Gasteiger partial charge >= 0.3 is 5.51 Å². The SMILES string of the molecule is CCNc1ccccc1SC(F)(F)F. The molecule has 1 N–H and O–H groups in total. The third kappa shape index (κ3) is 3.49. The molecule has 0 atom stereocenters. The Hall–Kier alpha value is -0.840. The maximum atomic E-state index is 12.1. The summed E-state index contributed by atoms with van der Waals surface area (Å²) in [5.41, 5.74) is -3.71. The molecule has 0 unspecified atom stereocenters. The molecule has 14 heavy (non-hydrogen) atoms. The fourth-order valence-corrected chi connectivity index (χ4v) is 1.66. The number of hydrogen-bond donors (Lipinski definition) is 1. The molecule has 0 aromatic heterocycles. The summed E-state index contributed by atoms with van der Waals surface area (Å²) in [7, 11) is 0. The van der Waals surface area contributed by atoms with E-state index in [-0.39, 0.29) is 16.7 Å². The average Bonchev–Trinajstić information content (AvgIpc) is 2.06. The molecular formula is C9H10F3NS. The number of hydrogen-bond acceptors (Lipinski definition) is 2. The summed E-state index contributed by atoms with van der Waals surface area (Å²) in [5.74, 6) is 0. The summed E-state index contributed by atoms with van der Waals surface area (Å²) in [6.45, 7) is 2.45. The van der Waals surface area contributed by atoms with E-state index in [1.165, 1.54) is 6.07 Å². The Labute approximate surface area is 84.7 Å². The van der Waals surface area contributed by atoms with Crippen molar-refractivity contribution >= 4 is 17.4 Å². The molecule has 1 rings (SSSR count). The number of nitrogens with one attached hydrogen (secondary N) is 1. The van der Waals surface area contributed by atoms with Gasteiger partial charge in [-0.25, -0.2) is 0 Å². The van der Waals surface area contributed by atoms with E-state index in [4.69, 9.17) is 0 Å². The molecule has 1 aromatic rings. The molecule has 1 aromatic carbocycles. The van der Waals surface area contributed by atoms with E-state index in [1.807, 2.05) is 6.92 Å². The van der Waals surface area contributed by atoms with Crippen LogP contribution in [0.5, 0.6) is 0 Å². The minimum Gasteiger partial charge on any atom is -0.384 e. The van der Waals surface area contributed by atoms with E-state index in [9.17, 15) is 13.2 Å². The van der Waals surface area contributed by atoms with Gasteiger partial charge in [0.25, 0.3) is 0 Å². The third-order valence-electron chi connectivity index (χ3n) is 1.48. The van der Waals surface area contributed by atoms with Gasteiger partial charge in [-0.3, -0.25) is 0 Å². The third-order valence-corrected chi connectivity index (χ3v) is 2.29. The van der Waals surface area contributed by atoms with Crippen LogP contribution in [-0.2, 0) is 0 Å². The van der Waals surface area contributed by atoms with Gasteiger partial charge in [-0.05, 0) is 30.8 Å². The molecule has 0 radical (unpaired) electrons. The topological polar surface area (TPSA) is 12.0 Å². The normalized spacial score (nSPS) is 11.4. The molecule has 0 saturated carbocycles. The lowest BCUT2D eigenvalue weighted by Crippen LogP contribution is -2.03. The van der Waals surface area contributed by atoms with Crippen LogP contribution in [0.4, 0.5) is 18.9 Å². The number of halogens is 3. The molecule has 0 spiro atoms. The van der Waals surface area contributed by atoms with E-state index >= 15 is 0 Å². The van der Waals surface area contributed by atoms with Crippen molar-refractivity contribution in [1.29, 1.82) is 0 Å². The highest BCUT2D eigenvalue weighted by Crippen LogP contribution is 2.40. The van der Waals surface area contributed by atoms with E-state index in [2.05, 4.69) is 5.32 Å². The largest absolute Gasteiger partial charge is 0.446 e. The molecular weight excluding hydrogens is 211 g/mol. The highest BCUT2D eigenvalue weighted by atomic mass is 32.2. The van der Waals surface area contributed by atoms with Crippen LogP contribution >= 0.6 is 11.8 Å². The Morgan fingerprint density at radius 3 is 2.50 bits per heavy atom.